The highest BCUT2D eigenvalue weighted by molar-refractivity contribution is 5.93. The fourth-order valence-electron chi connectivity index (χ4n) is 3.14. The van der Waals surface area contributed by atoms with E-state index in [0.29, 0.717) is 50.3 Å². The van der Waals surface area contributed by atoms with Crippen molar-refractivity contribution in [3.8, 4) is 5.75 Å². The van der Waals surface area contributed by atoms with Gasteiger partial charge in [-0.05, 0) is 44.9 Å². The summed E-state index contributed by atoms with van der Waals surface area (Å²) in [6, 6.07) is 6.44. The van der Waals surface area contributed by atoms with Crippen LogP contribution in [-0.2, 0) is 9.59 Å². The number of nitrogens with zero attached hydrogens (tertiary/aromatic N) is 2. The zero-order valence-electron chi connectivity index (χ0n) is 15.4. The summed E-state index contributed by atoms with van der Waals surface area (Å²) in [7, 11) is 0. The molecule has 1 aromatic rings. The Labute approximate surface area is 154 Å². The molecule has 7 heteroatoms. The smallest absolute Gasteiger partial charge is 0.260 e. The van der Waals surface area contributed by atoms with Crippen LogP contribution in [0.15, 0.2) is 24.3 Å². The lowest BCUT2D eigenvalue weighted by atomic mass is 9.95. The van der Waals surface area contributed by atoms with Gasteiger partial charge in [0.05, 0.1) is 0 Å². The molecule has 0 saturated carbocycles. The molecule has 1 saturated heterocycles. The van der Waals surface area contributed by atoms with E-state index in [1.807, 2.05) is 18.7 Å². The van der Waals surface area contributed by atoms with Crippen molar-refractivity contribution in [3.63, 3.8) is 0 Å². The summed E-state index contributed by atoms with van der Waals surface area (Å²) in [6.45, 7) is 6.40. The molecule has 1 heterocycles. The van der Waals surface area contributed by atoms with E-state index >= 15 is 0 Å². The lowest BCUT2D eigenvalue weighted by molar-refractivity contribution is -0.141. The highest BCUT2D eigenvalue weighted by atomic mass is 16.5. The van der Waals surface area contributed by atoms with E-state index in [4.69, 9.17) is 10.5 Å². The number of rotatable bonds is 7. The highest BCUT2D eigenvalue weighted by Gasteiger charge is 2.29. The maximum absolute atomic E-state index is 12.4. The topological polar surface area (TPSA) is 92.9 Å². The standard InChI is InChI=1S/C19H27N3O4/c1-3-21(4-2)19(25)14-8-10-22(11-9-14)17(23)13-26-16-7-5-6-15(12-16)18(20)24/h5-7,12,14H,3-4,8-11,13H2,1-2H3,(H2,20,24). The summed E-state index contributed by atoms with van der Waals surface area (Å²) >= 11 is 0. The predicted octanol–water partition coefficient (Wildman–Crippen LogP) is 1.27. The zero-order valence-corrected chi connectivity index (χ0v) is 15.4. The quantitative estimate of drug-likeness (QED) is 0.791. The van der Waals surface area contributed by atoms with E-state index in [1.54, 1.807) is 23.1 Å². The van der Waals surface area contributed by atoms with Crippen molar-refractivity contribution < 1.29 is 19.1 Å². The van der Waals surface area contributed by atoms with Crippen LogP contribution >= 0.6 is 0 Å². The van der Waals surface area contributed by atoms with Crippen LogP contribution < -0.4 is 10.5 Å². The number of primary amides is 1. The van der Waals surface area contributed by atoms with Gasteiger partial charge < -0.3 is 20.3 Å². The maximum Gasteiger partial charge on any atom is 0.260 e. The first-order valence-electron chi connectivity index (χ1n) is 9.05. The molecule has 3 amide bonds. The van der Waals surface area contributed by atoms with Crippen molar-refractivity contribution >= 4 is 17.7 Å². The Morgan fingerprint density at radius 3 is 2.42 bits per heavy atom. The van der Waals surface area contributed by atoms with Crippen molar-refractivity contribution in [3.05, 3.63) is 29.8 Å². The molecule has 26 heavy (non-hydrogen) atoms. The van der Waals surface area contributed by atoms with E-state index in [1.165, 1.54) is 6.07 Å². The molecule has 1 fully saturated rings. The molecule has 1 aliphatic heterocycles. The number of amides is 3. The third-order valence-corrected chi connectivity index (χ3v) is 4.75. The van der Waals surface area contributed by atoms with Crippen LogP contribution in [0.3, 0.4) is 0 Å². The SMILES string of the molecule is CCN(CC)C(=O)C1CCN(C(=O)COc2cccc(C(N)=O)c2)CC1. The molecule has 0 bridgehead atoms. The molecule has 0 atom stereocenters. The molecule has 2 rings (SSSR count). The summed E-state index contributed by atoms with van der Waals surface area (Å²) in [5.41, 5.74) is 5.57. The van der Waals surface area contributed by atoms with Gasteiger partial charge in [0.1, 0.15) is 5.75 Å². The zero-order chi connectivity index (χ0) is 19.1. The predicted molar refractivity (Wildman–Crippen MR) is 97.7 cm³/mol. The third kappa shape index (κ3) is 4.97. The van der Waals surface area contributed by atoms with Crippen LogP contribution in [0.2, 0.25) is 0 Å². The third-order valence-electron chi connectivity index (χ3n) is 4.75. The summed E-state index contributed by atoms with van der Waals surface area (Å²) < 4.78 is 5.49. The number of likely N-dealkylation sites (tertiary alicyclic amines) is 1. The molecule has 0 radical (unpaired) electrons. The normalized spacial score (nSPS) is 14.8. The van der Waals surface area contributed by atoms with Crippen LogP contribution in [0.4, 0.5) is 0 Å². The molecule has 1 aromatic carbocycles. The average Bonchev–Trinajstić information content (AvgIpc) is 2.67. The number of nitrogens with two attached hydrogens (primary N) is 1. The molecule has 7 nitrogen and oxygen atoms in total. The van der Waals surface area contributed by atoms with Crippen LogP contribution in [0.5, 0.6) is 5.75 Å². The number of benzene rings is 1. The van der Waals surface area contributed by atoms with E-state index < -0.39 is 5.91 Å². The summed E-state index contributed by atoms with van der Waals surface area (Å²) in [5, 5.41) is 0. The van der Waals surface area contributed by atoms with Gasteiger partial charge in [-0.25, -0.2) is 0 Å². The van der Waals surface area contributed by atoms with Gasteiger partial charge >= 0.3 is 0 Å². The maximum atomic E-state index is 12.4. The van der Waals surface area contributed by atoms with E-state index in [2.05, 4.69) is 0 Å². The number of carbonyl (C=O) groups excluding carboxylic acids is 3. The van der Waals surface area contributed by atoms with Crippen LogP contribution in [0.1, 0.15) is 37.0 Å². The number of ether oxygens (including phenoxy) is 1. The van der Waals surface area contributed by atoms with Gasteiger partial charge in [0.25, 0.3) is 5.91 Å². The Bertz CT molecular complexity index is 650. The number of hydrogen-bond donors (Lipinski definition) is 1. The first kappa shape index (κ1) is 19.8. The molecule has 1 aliphatic rings. The van der Waals surface area contributed by atoms with Gasteiger partial charge in [-0.1, -0.05) is 6.07 Å². The minimum absolute atomic E-state index is 0.00730. The summed E-state index contributed by atoms with van der Waals surface area (Å²) in [6.07, 6.45) is 1.36. The van der Waals surface area contributed by atoms with Crippen LogP contribution in [-0.4, -0.2) is 60.3 Å². The van der Waals surface area contributed by atoms with Crippen molar-refractivity contribution in [2.75, 3.05) is 32.8 Å². The summed E-state index contributed by atoms with van der Waals surface area (Å²) in [5.74, 6) is -0.0556. The highest BCUT2D eigenvalue weighted by Crippen LogP contribution is 2.20. The number of hydrogen-bond acceptors (Lipinski definition) is 4. The molecular formula is C19H27N3O4. The van der Waals surface area contributed by atoms with Crippen molar-refractivity contribution in [1.29, 1.82) is 0 Å². The minimum atomic E-state index is -0.540. The Morgan fingerprint density at radius 2 is 1.85 bits per heavy atom. The first-order chi connectivity index (χ1) is 12.5. The molecule has 142 valence electrons. The molecule has 2 N–H and O–H groups in total. The van der Waals surface area contributed by atoms with E-state index in [-0.39, 0.29) is 24.3 Å². The monoisotopic (exact) mass is 361 g/mol. The van der Waals surface area contributed by atoms with Gasteiger partial charge in [-0.15, -0.1) is 0 Å². The van der Waals surface area contributed by atoms with Crippen molar-refractivity contribution in [1.82, 2.24) is 9.80 Å². The summed E-state index contributed by atoms with van der Waals surface area (Å²) in [4.78, 5) is 39.5. The Hall–Kier alpha value is -2.57. The van der Waals surface area contributed by atoms with E-state index in [9.17, 15) is 14.4 Å². The van der Waals surface area contributed by atoms with Gasteiger partial charge in [0.2, 0.25) is 11.8 Å². The largest absolute Gasteiger partial charge is 0.484 e. The second-order valence-electron chi connectivity index (χ2n) is 6.35. The lowest BCUT2D eigenvalue weighted by Crippen LogP contribution is -2.45. The Kier molecular flexibility index (Phi) is 7.00. The van der Waals surface area contributed by atoms with Gasteiger partial charge in [-0.2, -0.15) is 0 Å². The average molecular weight is 361 g/mol. The molecule has 0 aromatic heterocycles. The minimum Gasteiger partial charge on any atom is -0.484 e. The molecule has 0 unspecified atom stereocenters. The van der Waals surface area contributed by atoms with Crippen LogP contribution in [0.25, 0.3) is 0 Å². The number of carbonyl (C=O) groups is 3. The van der Waals surface area contributed by atoms with Gasteiger partial charge in [0.15, 0.2) is 6.61 Å². The molecule has 0 spiro atoms. The second-order valence-corrected chi connectivity index (χ2v) is 6.35. The fraction of sp³-hybridized carbons (Fsp3) is 0.526. The van der Waals surface area contributed by atoms with Crippen LogP contribution in [0, 0.1) is 5.92 Å². The van der Waals surface area contributed by atoms with Gasteiger partial charge in [0, 0.05) is 37.7 Å². The van der Waals surface area contributed by atoms with E-state index in [0.717, 1.165) is 0 Å². The second kappa shape index (κ2) is 9.22. The Morgan fingerprint density at radius 1 is 1.19 bits per heavy atom. The van der Waals surface area contributed by atoms with Crippen molar-refractivity contribution in [2.45, 2.75) is 26.7 Å². The number of piperidine rings is 1. The molecular weight excluding hydrogens is 334 g/mol. The van der Waals surface area contributed by atoms with Gasteiger partial charge in [-0.3, -0.25) is 14.4 Å². The lowest BCUT2D eigenvalue weighted by Gasteiger charge is -2.33. The molecule has 0 aliphatic carbocycles. The van der Waals surface area contributed by atoms with Crippen molar-refractivity contribution in [2.24, 2.45) is 11.7 Å². The Balaban J connectivity index is 1.82. The first-order valence-corrected chi connectivity index (χ1v) is 9.05. The fourth-order valence-corrected chi connectivity index (χ4v) is 3.14.